The van der Waals surface area contributed by atoms with Crippen LogP contribution < -0.4 is 0 Å². The topological polar surface area (TPSA) is 47.7 Å². The Labute approximate surface area is 299 Å². The van der Waals surface area contributed by atoms with Crippen LogP contribution in [0, 0.1) is 63.1 Å². The van der Waals surface area contributed by atoms with Crippen LogP contribution >= 0.6 is 0 Å². The summed E-state index contributed by atoms with van der Waals surface area (Å²) < 4.78 is 0. The maximum atomic E-state index is 9.97. The van der Waals surface area contributed by atoms with Gasteiger partial charge in [-0.15, -0.1) is 13.2 Å². The van der Waals surface area contributed by atoms with Gasteiger partial charge in [0.1, 0.15) is 0 Å². The van der Waals surface area contributed by atoms with Crippen molar-refractivity contribution in [1.29, 1.82) is 10.8 Å². The Morgan fingerprint density at radius 3 is 1.23 bits per heavy atom. The first kappa shape index (κ1) is 38.3. The molecule has 4 rings (SSSR count). The van der Waals surface area contributed by atoms with Gasteiger partial charge >= 0.3 is 0 Å². The van der Waals surface area contributed by atoms with Crippen molar-refractivity contribution < 1.29 is 20.4 Å². The van der Waals surface area contributed by atoms with Crippen molar-refractivity contribution in [3.05, 3.63) is 133 Å². The molecule has 2 nitrogen and oxygen atoms in total. The summed E-state index contributed by atoms with van der Waals surface area (Å²) in [7, 11) is 0. The van der Waals surface area contributed by atoms with Gasteiger partial charge in [-0.05, 0) is 64.7 Å². The predicted octanol–water partition coefficient (Wildman–Crippen LogP) is 11.9. The Kier molecular flexibility index (Phi) is 12.6. The van der Waals surface area contributed by atoms with Crippen LogP contribution in [0.15, 0.2) is 121 Å². The largest absolute Gasteiger partial charge is 0.304 e. The second-order valence-electron chi connectivity index (χ2n) is 14.8. The van der Waals surface area contributed by atoms with Crippen molar-refractivity contribution in [2.75, 3.05) is 0 Å². The van der Waals surface area contributed by atoms with E-state index in [1.807, 2.05) is 0 Å². The molecule has 0 bridgehead atoms. The molecule has 252 valence electrons. The van der Waals surface area contributed by atoms with Crippen molar-refractivity contribution >= 4 is 22.6 Å². The van der Waals surface area contributed by atoms with E-state index in [9.17, 15) is 5.41 Å². The molecule has 0 aliphatic heterocycles. The minimum absolute atomic E-state index is 0. The van der Waals surface area contributed by atoms with E-state index >= 15 is 0 Å². The number of benzene rings is 2. The van der Waals surface area contributed by atoms with Crippen LogP contribution in [-0.2, 0) is 20.4 Å². The normalized spacial score (nSPS) is 25.0. The standard InChI is InChI=1S/C44H56N2.Pd/c1-12-43(37(28(3)4)24-35(25-38(43)29(5)6)33-20-16-14-17-21-33)42(41(46)32(11)45)44(13-2)39(30(7)8)26-36(27-40(44)31(9)10)34-22-18-15-19-23-34;/h12-31,37,39,42,45-46H,1-2H2,3-11H3;. The first-order valence-corrected chi connectivity index (χ1v) is 17.2. The summed E-state index contributed by atoms with van der Waals surface area (Å²) in [4.78, 5) is 0. The van der Waals surface area contributed by atoms with Crippen LogP contribution in [0.1, 0.15) is 73.4 Å². The molecule has 4 unspecified atom stereocenters. The van der Waals surface area contributed by atoms with Gasteiger partial charge in [-0.1, -0.05) is 164 Å². The number of allylic oxidation sites excluding steroid dienone is 10. The molecular formula is C44H56N2Pd. The molecule has 2 N–H and O–H groups in total. The quantitative estimate of drug-likeness (QED) is 0.125. The summed E-state index contributed by atoms with van der Waals surface area (Å²) >= 11 is 0. The smallest absolute Gasteiger partial charge is 0.0573 e. The number of nitrogens with one attached hydrogen (secondary N) is 2. The van der Waals surface area contributed by atoms with E-state index in [4.69, 9.17) is 5.41 Å². The van der Waals surface area contributed by atoms with Crippen LogP contribution in [0.3, 0.4) is 0 Å². The summed E-state index contributed by atoms with van der Waals surface area (Å²) in [5.74, 6) is 0.595. The van der Waals surface area contributed by atoms with Crippen molar-refractivity contribution in [3.63, 3.8) is 0 Å². The third kappa shape index (κ3) is 6.77. The van der Waals surface area contributed by atoms with E-state index < -0.39 is 16.7 Å². The number of rotatable bonds is 12. The first-order chi connectivity index (χ1) is 21.8. The average molecular weight is 719 g/mol. The Bertz CT molecular complexity index is 1480. The molecule has 0 fully saturated rings. The van der Waals surface area contributed by atoms with Gasteiger partial charge in [-0.3, -0.25) is 0 Å². The maximum absolute atomic E-state index is 9.97. The third-order valence-corrected chi connectivity index (χ3v) is 10.7. The van der Waals surface area contributed by atoms with Gasteiger partial charge in [-0.25, -0.2) is 0 Å². The molecule has 0 spiro atoms. The fourth-order valence-electron chi connectivity index (χ4n) is 8.72. The maximum Gasteiger partial charge on any atom is 0.0573 e. The molecule has 0 radical (unpaired) electrons. The number of hydrogen-bond donors (Lipinski definition) is 2. The molecule has 0 heterocycles. The predicted molar refractivity (Wildman–Crippen MR) is 201 cm³/mol. The molecule has 0 amide bonds. The summed E-state index contributed by atoms with van der Waals surface area (Å²) in [5, 5.41) is 19.0. The SMILES string of the molecule is C=CC1(C(C(=N)C(C)=N)C2(C=C)C(C(C)C)=CC(c3ccccc3)=CC2C(C)C)C(C(C)C)=CC(c2ccccc2)=CC1C(C)C.[Pd]. The average Bonchev–Trinajstić information content (AvgIpc) is 3.04. The van der Waals surface area contributed by atoms with E-state index in [1.54, 1.807) is 6.92 Å². The van der Waals surface area contributed by atoms with E-state index in [0.29, 0.717) is 11.4 Å². The minimum atomic E-state index is -0.632. The van der Waals surface area contributed by atoms with Gasteiger partial charge in [0.2, 0.25) is 0 Å². The van der Waals surface area contributed by atoms with Crippen LogP contribution in [0.25, 0.3) is 11.1 Å². The summed E-state index contributed by atoms with van der Waals surface area (Å²) in [6.45, 7) is 29.4. The van der Waals surface area contributed by atoms with Gasteiger partial charge in [-0.2, -0.15) is 0 Å². The summed E-state index contributed by atoms with van der Waals surface area (Å²) in [6, 6.07) is 21.3. The van der Waals surface area contributed by atoms with Crippen molar-refractivity contribution in [2.24, 2.45) is 52.3 Å². The van der Waals surface area contributed by atoms with Crippen LogP contribution in [0.4, 0.5) is 0 Å². The van der Waals surface area contributed by atoms with E-state index in [1.165, 1.54) is 33.4 Å². The third-order valence-electron chi connectivity index (χ3n) is 10.7. The van der Waals surface area contributed by atoms with Crippen LogP contribution in [0.2, 0.25) is 0 Å². The van der Waals surface area contributed by atoms with Crippen LogP contribution in [0.5, 0.6) is 0 Å². The van der Waals surface area contributed by atoms with Gasteiger partial charge in [0.15, 0.2) is 0 Å². The second kappa shape index (κ2) is 15.4. The van der Waals surface area contributed by atoms with Crippen molar-refractivity contribution in [1.82, 2.24) is 0 Å². The Morgan fingerprint density at radius 1 is 0.638 bits per heavy atom. The molecule has 0 saturated heterocycles. The zero-order valence-corrected chi connectivity index (χ0v) is 31.6. The fourth-order valence-corrected chi connectivity index (χ4v) is 8.72. The van der Waals surface area contributed by atoms with Gasteiger partial charge in [0, 0.05) is 42.9 Å². The molecule has 2 aliphatic carbocycles. The first-order valence-electron chi connectivity index (χ1n) is 17.2. The molecule has 2 aromatic rings. The molecule has 0 saturated carbocycles. The molecular weight excluding hydrogens is 663 g/mol. The molecule has 47 heavy (non-hydrogen) atoms. The van der Waals surface area contributed by atoms with Gasteiger partial charge in [0.25, 0.3) is 0 Å². The Balaban J connectivity index is 0.00000600. The molecule has 4 atom stereocenters. The molecule has 2 aromatic carbocycles. The summed E-state index contributed by atoms with van der Waals surface area (Å²) in [5.41, 5.74) is 6.83. The van der Waals surface area contributed by atoms with Gasteiger partial charge in [0.05, 0.1) is 5.71 Å². The van der Waals surface area contributed by atoms with E-state index in [0.717, 1.165) is 0 Å². The zero-order valence-electron chi connectivity index (χ0n) is 30.0. The van der Waals surface area contributed by atoms with Gasteiger partial charge < -0.3 is 10.8 Å². The Hall–Kier alpha value is -3.12. The second-order valence-corrected chi connectivity index (χ2v) is 14.8. The summed E-state index contributed by atoms with van der Waals surface area (Å²) in [6.07, 6.45) is 14.0. The fraction of sp³-hybridized carbons (Fsp3) is 0.409. The molecule has 2 aliphatic rings. The van der Waals surface area contributed by atoms with Crippen LogP contribution in [-0.4, -0.2) is 11.4 Å². The van der Waals surface area contributed by atoms with E-state index in [2.05, 4.69) is 166 Å². The minimum Gasteiger partial charge on any atom is -0.304 e. The zero-order chi connectivity index (χ0) is 34.0. The van der Waals surface area contributed by atoms with E-state index in [-0.39, 0.29) is 55.9 Å². The Morgan fingerprint density at radius 2 is 0.979 bits per heavy atom. The molecule has 0 aromatic heterocycles. The van der Waals surface area contributed by atoms with Crippen molar-refractivity contribution in [2.45, 2.75) is 62.3 Å². The monoisotopic (exact) mass is 718 g/mol. The molecule has 3 heteroatoms. The van der Waals surface area contributed by atoms with Crippen molar-refractivity contribution in [3.8, 4) is 0 Å². The number of hydrogen-bond acceptors (Lipinski definition) is 2.